The Morgan fingerprint density at radius 1 is 1.38 bits per heavy atom. The fourth-order valence-electron chi connectivity index (χ4n) is 3.48. The number of carboxylic acid groups (broad SMARTS) is 1. The molecule has 1 fully saturated rings. The van der Waals surface area contributed by atoms with E-state index in [2.05, 4.69) is 11.9 Å². The number of nitrogens with zero attached hydrogens (tertiary/aromatic N) is 1. The summed E-state index contributed by atoms with van der Waals surface area (Å²) >= 11 is 0. The standard InChI is InChI=1S/C17H25NO3/c1-3-5-12-6-7-15(17(19)20)16(8-12)13-9-14(21-4-2)11-18-10-13/h9-12,15-16H,3-8H2,1-2H3,(H,19,20). The van der Waals surface area contributed by atoms with Gasteiger partial charge in [0.15, 0.2) is 0 Å². The molecule has 4 heteroatoms. The van der Waals surface area contributed by atoms with Gasteiger partial charge in [0.1, 0.15) is 5.75 Å². The van der Waals surface area contributed by atoms with Crippen molar-refractivity contribution in [2.75, 3.05) is 6.61 Å². The van der Waals surface area contributed by atoms with Crippen molar-refractivity contribution in [3.05, 3.63) is 24.0 Å². The van der Waals surface area contributed by atoms with E-state index in [0.29, 0.717) is 12.5 Å². The largest absolute Gasteiger partial charge is 0.492 e. The highest BCUT2D eigenvalue weighted by atomic mass is 16.5. The number of pyridine rings is 1. The third-order valence-electron chi connectivity index (χ3n) is 4.45. The number of rotatable bonds is 6. The average molecular weight is 291 g/mol. The molecule has 0 saturated heterocycles. The highest BCUT2D eigenvalue weighted by molar-refractivity contribution is 5.71. The first kappa shape index (κ1) is 15.8. The maximum absolute atomic E-state index is 11.6. The van der Waals surface area contributed by atoms with Crippen molar-refractivity contribution in [3.8, 4) is 5.75 Å². The molecule has 1 aliphatic rings. The molecule has 0 bridgehead atoms. The van der Waals surface area contributed by atoms with Crippen LogP contribution >= 0.6 is 0 Å². The van der Waals surface area contributed by atoms with Gasteiger partial charge in [0, 0.05) is 6.20 Å². The highest BCUT2D eigenvalue weighted by Crippen LogP contribution is 2.42. The number of hydrogen-bond acceptors (Lipinski definition) is 3. The van der Waals surface area contributed by atoms with Crippen LogP contribution in [0.2, 0.25) is 0 Å². The molecule has 1 heterocycles. The van der Waals surface area contributed by atoms with Crippen molar-refractivity contribution in [1.82, 2.24) is 4.98 Å². The molecular formula is C17H25NO3. The number of hydrogen-bond donors (Lipinski definition) is 1. The lowest BCUT2D eigenvalue weighted by Crippen LogP contribution is -2.29. The quantitative estimate of drug-likeness (QED) is 0.864. The molecule has 0 aromatic carbocycles. The highest BCUT2D eigenvalue weighted by Gasteiger charge is 2.35. The van der Waals surface area contributed by atoms with Gasteiger partial charge in [-0.05, 0) is 49.7 Å². The van der Waals surface area contributed by atoms with Crippen LogP contribution in [0, 0.1) is 11.8 Å². The van der Waals surface area contributed by atoms with Crippen LogP contribution in [0.3, 0.4) is 0 Å². The van der Waals surface area contributed by atoms with Gasteiger partial charge in [0.25, 0.3) is 0 Å². The van der Waals surface area contributed by atoms with Crippen LogP contribution in [-0.4, -0.2) is 22.7 Å². The number of carboxylic acids is 1. The van der Waals surface area contributed by atoms with Crippen LogP contribution in [0.4, 0.5) is 0 Å². The second kappa shape index (κ2) is 7.43. The summed E-state index contributed by atoms with van der Waals surface area (Å²) in [6.45, 7) is 4.72. The van der Waals surface area contributed by atoms with Crippen molar-refractivity contribution in [3.63, 3.8) is 0 Å². The Labute approximate surface area is 126 Å². The summed E-state index contributed by atoms with van der Waals surface area (Å²) in [5.74, 6) is 0.442. The van der Waals surface area contributed by atoms with E-state index in [0.717, 1.165) is 37.0 Å². The molecule has 21 heavy (non-hydrogen) atoms. The molecule has 116 valence electrons. The van der Waals surface area contributed by atoms with Gasteiger partial charge in [-0.1, -0.05) is 19.8 Å². The molecule has 1 saturated carbocycles. The Hall–Kier alpha value is -1.58. The lowest BCUT2D eigenvalue weighted by molar-refractivity contribution is -0.143. The van der Waals surface area contributed by atoms with E-state index in [-0.39, 0.29) is 11.8 Å². The van der Waals surface area contributed by atoms with Gasteiger partial charge >= 0.3 is 5.97 Å². The summed E-state index contributed by atoms with van der Waals surface area (Å²) in [5.41, 5.74) is 1.01. The fraction of sp³-hybridized carbons (Fsp3) is 0.647. The van der Waals surface area contributed by atoms with E-state index in [9.17, 15) is 9.90 Å². The third-order valence-corrected chi connectivity index (χ3v) is 4.45. The second-order valence-electron chi connectivity index (χ2n) is 5.91. The predicted molar refractivity (Wildman–Crippen MR) is 81.5 cm³/mol. The van der Waals surface area contributed by atoms with Gasteiger partial charge in [0.05, 0.1) is 18.7 Å². The summed E-state index contributed by atoms with van der Waals surface area (Å²) in [4.78, 5) is 15.8. The van der Waals surface area contributed by atoms with Crippen LogP contribution in [0.25, 0.3) is 0 Å². The summed E-state index contributed by atoms with van der Waals surface area (Å²) in [6, 6.07) is 1.96. The van der Waals surface area contributed by atoms with Gasteiger partial charge in [-0.3, -0.25) is 9.78 Å². The zero-order valence-corrected chi connectivity index (χ0v) is 12.9. The first-order valence-electron chi connectivity index (χ1n) is 7.96. The van der Waals surface area contributed by atoms with Gasteiger partial charge in [-0.15, -0.1) is 0 Å². The van der Waals surface area contributed by atoms with Crippen molar-refractivity contribution in [2.45, 2.75) is 51.9 Å². The molecule has 3 unspecified atom stereocenters. The SMILES string of the molecule is CCCC1CCC(C(=O)O)C(c2cncc(OCC)c2)C1. The second-order valence-corrected chi connectivity index (χ2v) is 5.91. The summed E-state index contributed by atoms with van der Waals surface area (Å²) in [6.07, 6.45) is 8.58. The van der Waals surface area contributed by atoms with E-state index < -0.39 is 5.97 Å². The monoisotopic (exact) mass is 291 g/mol. The van der Waals surface area contributed by atoms with Crippen LogP contribution in [0.5, 0.6) is 5.75 Å². The van der Waals surface area contributed by atoms with E-state index >= 15 is 0 Å². The third kappa shape index (κ3) is 3.96. The molecule has 0 radical (unpaired) electrons. The normalized spacial score (nSPS) is 25.5. The van der Waals surface area contributed by atoms with Crippen LogP contribution in [0.1, 0.15) is 57.4 Å². The Balaban J connectivity index is 2.22. The van der Waals surface area contributed by atoms with Gasteiger partial charge in [-0.25, -0.2) is 0 Å². The lowest BCUT2D eigenvalue weighted by Gasteiger charge is -2.34. The Bertz CT molecular complexity index is 475. The minimum absolute atomic E-state index is 0.0562. The molecule has 3 atom stereocenters. The molecule has 1 N–H and O–H groups in total. The Morgan fingerprint density at radius 3 is 2.86 bits per heavy atom. The molecule has 1 aliphatic carbocycles. The van der Waals surface area contributed by atoms with Crippen molar-refractivity contribution >= 4 is 5.97 Å². The average Bonchev–Trinajstić information content (AvgIpc) is 2.48. The predicted octanol–water partition coefficient (Wildman–Crippen LogP) is 3.86. The zero-order chi connectivity index (χ0) is 15.2. The first-order chi connectivity index (χ1) is 10.2. The van der Waals surface area contributed by atoms with Gasteiger partial charge in [-0.2, -0.15) is 0 Å². The summed E-state index contributed by atoms with van der Waals surface area (Å²) < 4.78 is 5.50. The van der Waals surface area contributed by atoms with E-state index in [4.69, 9.17) is 4.74 Å². The number of ether oxygens (including phenoxy) is 1. The van der Waals surface area contributed by atoms with Crippen LogP contribution < -0.4 is 4.74 Å². The van der Waals surface area contributed by atoms with Crippen molar-refractivity contribution in [2.24, 2.45) is 11.8 Å². The van der Waals surface area contributed by atoms with Crippen LogP contribution in [-0.2, 0) is 4.79 Å². The minimum Gasteiger partial charge on any atom is -0.492 e. The van der Waals surface area contributed by atoms with Crippen molar-refractivity contribution < 1.29 is 14.6 Å². The molecule has 1 aromatic rings. The Morgan fingerprint density at radius 2 is 2.19 bits per heavy atom. The van der Waals surface area contributed by atoms with Crippen molar-refractivity contribution in [1.29, 1.82) is 0 Å². The number of aromatic nitrogens is 1. The summed E-state index contributed by atoms with van der Waals surface area (Å²) in [5, 5.41) is 9.51. The molecule has 1 aromatic heterocycles. The summed E-state index contributed by atoms with van der Waals surface area (Å²) in [7, 11) is 0. The molecular weight excluding hydrogens is 266 g/mol. The molecule has 4 nitrogen and oxygen atoms in total. The van der Waals surface area contributed by atoms with Gasteiger partial charge in [0.2, 0.25) is 0 Å². The molecule has 0 spiro atoms. The first-order valence-corrected chi connectivity index (χ1v) is 7.96. The fourth-order valence-corrected chi connectivity index (χ4v) is 3.48. The molecule has 2 rings (SSSR count). The van der Waals surface area contributed by atoms with Crippen LogP contribution in [0.15, 0.2) is 18.5 Å². The number of carbonyl (C=O) groups is 1. The zero-order valence-electron chi connectivity index (χ0n) is 12.9. The smallest absolute Gasteiger partial charge is 0.307 e. The van der Waals surface area contributed by atoms with E-state index in [1.807, 2.05) is 13.0 Å². The topological polar surface area (TPSA) is 59.4 Å². The van der Waals surface area contributed by atoms with E-state index in [1.54, 1.807) is 12.4 Å². The Kier molecular flexibility index (Phi) is 5.59. The number of aliphatic carboxylic acids is 1. The van der Waals surface area contributed by atoms with Gasteiger partial charge < -0.3 is 9.84 Å². The molecule has 0 aliphatic heterocycles. The lowest BCUT2D eigenvalue weighted by atomic mass is 9.70. The maximum Gasteiger partial charge on any atom is 0.307 e. The minimum atomic E-state index is -0.684. The maximum atomic E-state index is 11.6. The van der Waals surface area contributed by atoms with E-state index in [1.165, 1.54) is 6.42 Å². The molecule has 0 amide bonds.